The minimum Gasteiger partial charge on any atom is -0.328 e. The molecular weight excluding hydrogens is 450 g/mol. The summed E-state index contributed by atoms with van der Waals surface area (Å²) in [6.07, 6.45) is 2.00. The van der Waals surface area contributed by atoms with Gasteiger partial charge in [0.05, 0.1) is 4.92 Å². The highest BCUT2D eigenvalue weighted by molar-refractivity contribution is 7.98. The van der Waals surface area contributed by atoms with Crippen molar-refractivity contribution in [2.24, 2.45) is 0 Å². The summed E-state index contributed by atoms with van der Waals surface area (Å²) in [5.74, 6) is 1.23. The van der Waals surface area contributed by atoms with Gasteiger partial charge in [0.25, 0.3) is 5.69 Å². The zero-order valence-electron chi connectivity index (χ0n) is 16.8. The summed E-state index contributed by atoms with van der Waals surface area (Å²) >= 11 is 7.72. The maximum atomic E-state index is 12.9. The predicted molar refractivity (Wildman–Crippen MR) is 122 cm³/mol. The summed E-state index contributed by atoms with van der Waals surface area (Å²) in [5, 5.41) is 20.3. The number of non-ortho nitro benzene ring substituents is 1. The molecule has 2 aliphatic rings. The number of Topliss-reactive ketones (excluding diaryl/α,β-unsaturated/α-hetero) is 1. The number of allylic oxidation sites excluding steroid dienone is 2. The van der Waals surface area contributed by atoms with Crippen LogP contribution < -0.4 is 5.32 Å². The number of aromatic nitrogens is 3. The van der Waals surface area contributed by atoms with E-state index in [4.69, 9.17) is 11.6 Å². The average molecular weight is 468 g/mol. The number of fused-ring (bicyclic) bond motifs is 1. The number of rotatable bonds is 5. The van der Waals surface area contributed by atoms with Crippen LogP contribution in [0.25, 0.3) is 0 Å². The van der Waals surface area contributed by atoms with Gasteiger partial charge in [0.2, 0.25) is 11.1 Å². The first-order valence-corrected chi connectivity index (χ1v) is 11.5. The molecule has 0 saturated carbocycles. The number of nitrogens with zero attached hydrogens (tertiary/aromatic N) is 4. The van der Waals surface area contributed by atoms with Crippen LogP contribution in [0.4, 0.5) is 11.6 Å². The quantitative estimate of drug-likeness (QED) is 0.314. The monoisotopic (exact) mass is 467 g/mol. The molecular formula is C22H18ClN5O3S. The summed E-state index contributed by atoms with van der Waals surface area (Å²) in [5.41, 5.74) is 3.26. The van der Waals surface area contributed by atoms with Gasteiger partial charge in [-0.1, -0.05) is 41.6 Å². The van der Waals surface area contributed by atoms with Crippen molar-refractivity contribution in [3.8, 4) is 0 Å². The highest BCUT2D eigenvalue weighted by Crippen LogP contribution is 2.41. The van der Waals surface area contributed by atoms with Crippen LogP contribution in [-0.2, 0) is 10.5 Å². The third kappa shape index (κ3) is 3.78. The Balaban J connectivity index is 1.51. The average Bonchev–Trinajstić information content (AvgIpc) is 3.20. The van der Waals surface area contributed by atoms with Crippen LogP contribution in [0.3, 0.4) is 0 Å². The summed E-state index contributed by atoms with van der Waals surface area (Å²) in [7, 11) is 0. The smallest absolute Gasteiger partial charge is 0.269 e. The summed E-state index contributed by atoms with van der Waals surface area (Å²) in [6.45, 7) is 0. The maximum Gasteiger partial charge on any atom is 0.269 e. The standard InChI is InChI=1S/C22H18ClN5O3S/c23-16-5-2-1-4-14(16)12-32-22-25-21-24-17-6-3-7-18(29)19(17)20(27(21)26-22)13-8-10-15(11-9-13)28(30)31/h1-2,4-5,8-11,20H,3,6-7,12H2,(H,24,25,26)/t20-/m1/s1. The fraction of sp³-hybridized carbons (Fsp3) is 0.227. The topological polar surface area (TPSA) is 103 Å². The lowest BCUT2D eigenvalue weighted by Gasteiger charge is -2.32. The first kappa shape index (κ1) is 20.7. The van der Waals surface area contributed by atoms with Gasteiger partial charge in [-0.3, -0.25) is 14.9 Å². The van der Waals surface area contributed by atoms with E-state index in [0.717, 1.165) is 29.7 Å². The zero-order chi connectivity index (χ0) is 22.2. The number of carbonyl (C=O) groups excluding carboxylic acids is 1. The highest BCUT2D eigenvalue weighted by atomic mass is 35.5. The third-order valence-electron chi connectivity index (χ3n) is 5.58. The number of carbonyl (C=O) groups is 1. The molecule has 32 heavy (non-hydrogen) atoms. The van der Waals surface area contributed by atoms with Gasteiger partial charge in [-0.25, -0.2) is 4.68 Å². The molecule has 2 heterocycles. The Labute approximate surface area is 192 Å². The van der Waals surface area contributed by atoms with Gasteiger partial charge in [0.1, 0.15) is 6.04 Å². The Morgan fingerprint density at radius 2 is 1.97 bits per heavy atom. The molecule has 0 spiro atoms. The molecule has 1 N–H and O–H groups in total. The van der Waals surface area contributed by atoms with Crippen LogP contribution in [0.2, 0.25) is 5.02 Å². The van der Waals surface area contributed by atoms with Crippen LogP contribution >= 0.6 is 23.4 Å². The number of hydrogen-bond acceptors (Lipinski definition) is 7. The van der Waals surface area contributed by atoms with Gasteiger partial charge < -0.3 is 5.32 Å². The van der Waals surface area contributed by atoms with Crippen molar-refractivity contribution >= 4 is 40.8 Å². The van der Waals surface area contributed by atoms with E-state index in [-0.39, 0.29) is 11.5 Å². The molecule has 1 aliphatic carbocycles. The molecule has 2 aromatic carbocycles. The summed E-state index contributed by atoms with van der Waals surface area (Å²) in [6, 6.07) is 13.4. The summed E-state index contributed by atoms with van der Waals surface area (Å²) < 4.78 is 1.71. The third-order valence-corrected chi connectivity index (χ3v) is 6.84. The molecule has 0 fully saturated rings. The van der Waals surface area contributed by atoms with Gasteiger partial charge in [-0.2, -0.15) is 4.98 Å². The van der Waals surface area contributed by atoms with Crippen molar-refractivity contribution in [3.05, 3.63) is 86.1 Å². The fourth-order valence-electron chi connectivity index (χ4n) is 4.04. The highest BCUT2D eigenvalue weighted by Gasteiger charge is 2.37. The van der Waals surface area contributed by atoms with E-state index < -0.39 is 11.0 Å². The number of halogens is 1. The van der Waals surface area contributed by atoms with Crippen molar-refractivity contribution in [2.75, 3.05) is 5.32 Å². The zero-order valence-corrected chi connectivity index (χ0v) is 18.4. The number of ketones is 1. The Morgan fingerprint density at radius 3 is 2.72 bits per heavy atom. The molecule has 3 aromatic rings. The lowest BCUT2D eigenvalue weighted by molar-refractivity contribution is -0.384. The predicted octanol–water partition coefficient (Wildman–Crippen LogP) is 5.15. The van der Waals surface area contributed by atoms with Crippen molar-refractivity contribution in [1.82, 2.24) is 14.8 Å². The minimum absolute atomic E-state index is 0.00153. The first-order chi connectivity index (χ1) is 15.5. The molecule has 0 unspecified atom stereocenters. The van der Waals surface area contributed by atoms with Gasteiger partial charge in [0, 0.05) is 40.6 Å². The lowest BCUT2D eigenvalue weighted by atomic mass is 9.85. The Morgan fingerprint density at radius 1 is 1.19 bits per heavy atom. The lowest BCUT2D eigenvalue weighted by Crippen LogP contribution is -2.31. The van der Waals surface area contributed by atoms with Crippen LogP contribution in [0.1, 0.15) is 36.4 Å². The summed E-state index contributed by atoms with van der Waals surface area (Å²) in [4.78, 5) is 28.1. The number of anilines is 1. The van der Waals surface area contributed by atoms with E-state index in [1.807, 2.05) is 24.3 Å². The van der Waals surface area contributed by atoms with E-state index in [2.05, 4.69) is 15.4 Å². The molecule has 8 nitrogen and oxygen atoms in total. The SMILES string of the molecule is O=C1CCCC2=C1[C@@H](c1ccc([N+](=O)[O-])cc1)n1nc(SCc3ccccc3Cl)nc1N2. The van der Waals surface area contributed by atoms with Crippen molar-refractivity contribution < 1.29 is 9.72 Å². The second-order valence-corrected chi connectivity index (χ2v) is 8.94. The first-order valence-electron chi connectivity index (χ1n) is 10.1. The number of nitrogens with one attached hydrogen (secondary N) is 1. The number of nitro benzene ring substituents is 1. The van der Waals surface area contributed by atoms with Crippen molar-refractivity contribution in [2.45, 2.75) is 36.2 Å². The molecule has 0 amide bonds. The minimum atomic E-state index is -0.475. The second-order valence-electron chi connectivity index (χ2n) is 7.59. The molecule has 0 radical (unpaired) electrons. The fourth-order valence-corrected chi connectivity index (χ4v) is 5.16. The van der Waals surface area contributed by atoms with Gasteiger partial charge in [-0.15, -0.1) is 5.10 Å². The van der Waals surface area contributed by atoms with E-state index in [9.17, 15) is 14.9 Å². The molecule has 1 aromatic heterocycles. The molecule has 5 rings (SSSR count). The number of benzene rings is 2. The van der Waals surface area contributed by atoms with Crippen LogP contribution in [-0.4, -0.2) is 25.5 Å². The number of hydrogen-bond donors (Lipinski definition) is 1. The van der Waals surface area contributed by atoms with Crippen LogP contribution in [0, 0.1) is 10.1 Å². The van der Waals surface area contributed by atoms with E-state index in [1.165, 1.54) is 23.9 Å². The van der Waals surface area contributed by atoms with E-state index >= 15 is 0 Å². The molecule has 10 heteroatoms. The molecule has 0 saturated heterocycles. The largest absolute Gasteiger partial charge is 0.328 e. The Bertz CT molecular complexity index is 1250. The molecule has 1 aliphatic heterocycles. The van der Waals surface area contributed by atoms with Crippen LogP contribution in [0.15, 0.2) is 65.0 Å². The van der Waals surface area contributed by atoms with Crippen LogP contribution in [0.5, 0.6) is 0 Å². The number of thioether (sulfide) groups is 1. The van der Waals surface area contributed by atoms with E-state index in [0.29, 0.717) is 33.9 Å². The molecule has 0 bridgehead atoms. The van der Waals surface area contributed by atoms with Crippen molar-refractivity contribution in [1.29, 1.82) is 0 Å². The van der Waals surface area contributed by atoms with E-state index in [1.54, 1.807) is 16.8 Å². The van der Waals surface area contributed by atoms with Gasteiger partial charge in [-0.05, 0) is 42.2 Å². The second kappa shape index (κ2) is 8.40. The molecule has 1 atom stereocenters. The normalized spacial score (nSPS) is 17.5. The van der Waals surface area contributed by atoms with Gasteiger partial charge in [0.15, 0.2) is 5.78 Å². The van der Waals surface area contributed by atoms with Gasteiger partial charge >= 0.3 is 0 Å². The Kier molecular flexibility index (Phi) is 5.44. The Hall–Kier alpha value is -3.17. The maximum absolute atomic E-state index is 12.9. The van der Waals surface area contributed by atoms with Crippen molar-refractivity contribution in [3.63, 3.8) is 0 Å². The number of nitro groups is 1. The molecule has 162 valence electrons.